The first-order chi connectivity index (χ1) is 16.0. The first-order valence-electron chi connectivity index (χ1n) is 10.1. The zero-order valence-corrected chi connectivity index (χ0v) is 19.1. The molecular weight excluding hydrogens is 452 g/mol. The number of anilines is 2. The fraction of sp³-hybridized carbons (Fsp3) is 0.318. The predicted octanol–water partition coefficient (Wildman–Crippen LogP) is 3.27. The molecule has 0 spiro atoms. The normalized spacial score (nSPS) is 13.0. The average Bonchev–Trinajstić information content (AvgIpc) is 3.23. The number of urea groups is 1. The molecule has 0 atom stereocenters. The van der Waals surface area contributed by atoms with Gasteiger partial charge in [0.2, 0.25) is 0 Å². The number of thiazole rings is 1. The van der Waals surface area contributed by atoms with Gasteiger partial charge < -0.3 is 20.0 Å². The van der Waals surface area contributed by atoms with Crippen molar-refractivity contribution in [1.29, 1.82) is 0 Å². The van der Waals surface area contributed by atoms with E-state index >= 15 is 0 Å². The highest BCUT2D eigenvalue weighted by Crippen LogP contribution is 2.27. The van der Waals surface area contributed by atoms with E-state index in [1.807, 2.05) is 0 Å². The molecule has 3 heterocycles. The molecule has 2 amide bonds. The Hall–Kier alpha value is -3.15. The minimum Gasteiger partial charge on any atom is -0.400 e. The number of pyridine rings is 1. The summed E-state index contributed by atoms with van der Waals surface area (Å²) in [5.41, 5.74) is 1.14. The lowest BCUT2D eigenvalue weighted by molar-refractivity contribution is 0.208. The molecule has 1 aromatic carbocycles. The summed E-state index contributed by atoms with van der Waals surface area (Å²) in [5.74, 6) is -0.558. The zero-order valence-electron chi connectivity index (χ0n) is 18.3. The highest BCUT2D eigenvalue weighted by atomic mass is 32.1. The number of fused-ring (bicyclic) bond motifs is 1. The number of carbonyl (C=O) groups excluding carboxylic acids is 1. The number of rotatable bonds is 4. The van der Waals surface area contributed by atoms with Crippen molar-refractivity contribution in [3.05, 3.63) is 60.8 Å². The van der Waals surface area contributed by atoms with Crippen molar-refractivity contribution in [3.8, 4) is 0 Å². The second kappa shape index (κ2) is 12.8. The van der Waals surface area contributed by atoms with E-state index in [1.54, 1.807) is 22.1 Å². The van der Waals surface area contributed by atoms with Gasteiger partial charge in [-0.3, -0.25) is 5.32 Å². The van der Waals surface area contributed by atoms with Gasteiger partial charge in [0.25, 0.3) is 0 Å². The SMILES string of the molecule is C=C.CO.O=C(Nc1nc2cc(F)ccc2s1)N1CCN(c2ncc(CCO)cc2F)CC1. The van der Waals surface area contributed by atoms with Crippen molar-refractivity contribution in [3.63, 3.8) is 0 Å². The number of hydrogen-bond acceptors (Lipinski definition) is 7. The van der Waals surface area contributed by atoms with Crippen molar-refractivity contribution < 1.29 is 23.8 Å². The maximum atomic E-state index is 14.3. The molecule has 0 bridgehead atoms. The Balaban J connectivity index is 0.000000914. The number of hydrogen-bond donors (Lipinski definition) is 3. The van der Waals surface area contributed by atoms with Gasteiger partial charge in [-0.2, -0.15) is 0 Å². The van der Waals surface area contributed by atoms with Gasteiger partial charge in [0.1, 0.15) is 5.82 Å². The number of nitrogens with one attached hydrogen (secondary N) is 1. The Kier molecular flexibility index (Phi) is 10.1. The molecule has 4 rings (SSSR count). The Morgan fingerprint density at radius 1 is 1.18 bits per heavy atom. The fourth-order valence-electron chi connectivity index (χ4n) is 3.21. The van der Waals surface area contributed by atoms with Crippen molar-refractivity contribution in [1.82, 2.24) is 14.9 Å². The van der Waals surface area contributed by atoms with Gasteiger partial charge >= 0.3 is 6.03 Å². The number of benzene rings is 1. The average molecular weight is 480 g/mol. The second-order valence-corrected chi connectivity index (χ2v) is 7.69. The quantitative estimate of drug-likeness (QED) is 0.497. The van der Waals surface area contributed by atoms with Crippen LogP contribution in [0.1, 0.15) is 5.56 Å². The molecule has 1 fully saturated rings. The first kappa shape index (κ1) is 26.1. The topological polar surface area (TPSA) is 102 Å². The fourth-order valence-corrected chi connectivity index (χ4v) is 4.05. The Labute approximate surface area is 194 Å². The third kappa shape index (κ3) is 6.67. The molecule has 178 valence electrons. The maximum absolute atomic E-state index is 14.3. The number of aliphatic hydroxyl groups excluding tert-OH is 2. The van der Waals surface area contributed by atoms with Crippen LogP contribution in [0.25, 0.3) is 10.2 Å². The summed E-state index contributed by atoms with van der Waals surface area (Å²) >= 11 is 1.28. The van der Waals surface area contributed by atoms with E-state index in [9.17, 15) is 13.6 Å². The number of halogens is 2. The zero-order chi connectivity index (χ0) is 24.4. The third-order valence-electron chi connectivity index (χ3n) is 4.71. The lowest BCUT2D eigenvalue weighted by Gasteiger charge is -2.35. The molecule has 0 aliphatic carbocycles. The third-order valence-corrected chi connectivity index (χ3v) is 5.66. The van der Waals surface area contributed by atoms with Gasteiger partial charge in [-0.05, 0) is 30.2 Å². The minimum atomic E-state index is -0.435. The van der Waals surface area contributed by atoms with E-state index in [-0.39, 0.29) is 24.3 Å². The van der Waals surface area contributed by atoms with Crippen LogP contribution in [0.4, 0.5) is 24.5 Å². The summed E-state index contributed by atoms with van der Waals surface area (Å²) in [7, 11) is 1.00. The van der Waals surface area contributed by atoms with E-state index in [4.69, 9.17) is 10.2 Å². The van der Waals surface area contributed by atoms with E-state index < -0.39 is 5.82 Å². The lowest BCUT2D eigenvalue weighted by Crippen LogP contribution is -2.50. The first-order valence-corrected chi connectivity index (χ1v) is 10.9. The Bertz CT molecular complexity index is 1060. The monoisotopic (exact) mass is 479 g/mol. The van der Waals surface area contributed by atoms with Crippen LogP contribution in [0.5, 0.6) is 0 Å². The molecule has 33 heavy (non-hydrogen) atoms. The number of carbonyl (C=O) groups is 1. The highest BCUT2D eigenvalue weighted by molar-refractivity contribution is 7.22. The summed E-state index contributed by atoms with van der Waals surface area (Å²) in [6, 6.07) is 5.40. The standard InChI is InChI=1S/C19H19F2N5O2S.C2H4.CH4O/c20-13-1-2-16-15(10-13)23-18(29-16)24-19(28)26-6-4-25(5-7-26)17-14(21)9-12(3-8-27)11-22-17;2*1-2/h1-2,9-11,27H,3-8H2,(H,23,24,28);1-2H2;2H,1H3. The van der Waals surface area contributed by atoms with Gasteiger partial charge in [0.15, 0.2) is 16.8 Å². The molecule has 3 N–H and O–H groups in total. The Morgan fingerprint density at radius 2 is 1.88 bits per heavy atom. The number of amides is 2. The lowest BCUT2D eigenvalue weighted by atomic mass is 10.2. The molecule has 1 saturated heterocycles. The molecule has 1 aliphatic rings. The predicted molar refractivity (Wildman–Crippen MR) is 127 cm³/mol. The Morgan fingerprint density at radius 3 is 2.52 bits per heavy atom. The van der Waals surface area contributed by atoms with Gasteiger partial charge in [-0.15, -0.1) is 13.2 Å². The minimum absolute atomic E-state index is 0.0577. The smallest absolute Gasteiger partial charge is 0.323 e. The molecule has 0 radical (unpaired) electrons. The molecule has 8 nitrogen and oxygen atoms in total. The molecule has 3 aromatic rings. The van der Waals surface area contributed by atoms with Crippen LogP contribution in [0, 0.1) is 11.6 Å². The van der Waals surface area contributed by atoms with Crippen LogP contribution in [-0.2, 0) is 6.42 Å². The number of nitrogens with zero attached hydrogens (tertiary/aromatic N) is 4. The van der Waals surface area contributed by atoms with Crippen LogP contribution in [0.3, 0.4) is 0 Å². The largest absolute Gasteiger partial charge is 0.400 e. The van der Waals surface area contributed by atoms with E-state index in [1.165, 1.54) is 29.5 Å². The van der Waals surface area contributed by atoms with Gasteiger partial charge in [-0.1, -0.05) is 11.3 Å². The van der Waals surface area contributed by atoms with Crippen molar-refractivity contribution in [2.45, 2.75) is 6.42 Å². The van der Waals surface area contributed by atoms with Crippen LogP contribution >= 0.6 is 11.3 Å². The van der Waals surface area contributed by atoms with E-state index in [2.05, 4.69) is 28.4 Å². The van der Waals surface area contributed by atoms with Crippen LogP contribution < -0.4 is 10.2 Å². The maximum Gasteiger partial charge on any atom is 0.323 e. The summed E-state index contributed by atoms with van der Waals surface area (Å²) in [6.07, 6.45) is 1.92. The van der Waals surface area contributed by atoms with Crippen LogP contribution in [-0.4, -0.2) is 71.0 Å². The van der Waals surface area contributed by atoms with Gasteiger partial charge in [-0.25, -0.2) is 23.5 Å². The summed E-state index contributed by atoms with van der Waals surface area (Å²) in [6.45, 7) is 7.65. The molecule has 0 unspecified atom stereocenters. The number of aromatic nitrogens is 2. The van der Waals surface area contributed by atoms with Crippen molar-refractivity contribution in [2.75, 3.05) is 50.1 Å². The van der Waals surface area contributed by atoms with Crippen LogP contribution in [0.2, 0.25) is 0 Å². The van der Waals surface area contributed by atoms with E-state index in [0.29, 0.717) is 48.8 Å². The number of aliphatic hydroxyl groups is 2. The summed E-state index contributed by atoms with van der Waals surface area (Å²) < 4.78 is 28.4. The van der Waals surface area contributed by atoms with Crippen molar-refractivity contribution in [2.24, 2.45) is 0 Å². The van der Waals surface area contributed by atoms with E-state index in [0.717, 1.165) is 11.8 Å². The van der Waals surface area contributed by atoms with Crippen molar-refractivity contribution >= 4 is 38.5 Å². The van der Waals surface area contributed by atoms with Gasteiger partial charge in [0.05, 0.1) is 10.2 Å². The van der Waals surface area contributed by atoms with Crippen LogP contribution in [0.15, 0.2) is 43.6 Å². The molecule has 1 aliphatic heterocycles. The molecular formula is C22H27F2N5O3S. The number of piperazine rings is 1. The molecule has 0 saturated carbocycles. The molecule has 2 aromatic heterocycles. The summed E-state index contributed by atoms with van der Waals surface area (Å²) in [4.78, 5) is 24.3. The second-order valence-electron chi connectivity index (χ2n) is 6.66. The molecule has 11 heteroatoms. The van der Waals surface area contributed by atoms with Gasteiger partial charge in [0, 0.05) is 52.2 Å². The highest BCUT2D eigenvalue weighted by Gasteiger charge is 2.24. The summed E-state index contributed by atoms with van der Waals surface area (Å²) in [5, 5.41) is 19.1.